The third-order valence-electron chi connectivity index (χ3n) is 5.08. The molecule has 1 aromatic rings. The van der Waals surface area contributed by atoms with E-state index in [-0.39, 0.29) is 0 Å². The van der Waals surface area contributed by atoms with Gasteiger partial charge in [-0.2, -0.15) is 0 Å². The number of carboxylic acid groups (broad SMARTS) is 1. The van der Waals surface area contributed by atoms with E-state index in [2.05, 4.69) is 23.1 Å². The van der Waals surface area contributed by atoms with E-state index in [0.29, 0.717) is 13.1 Å². The number of rotatable bonds is 2. The largest absolute Gasteiger partial charge is 0.465 e. The molecule has 3 aliphatic rings. The van der Waals surface area contributed by atoms with Crippen molar-refractivity contribution in [3.63, 3.8) is 0 Å². The van der Waals surface area contributed by atoms with Crippen LogP contribution >= 0.6 is 0 Å². The van der Waals surface area contributed by atoms with Gasteiger partial charge in [0.25, 0.3) is 0 Å². The molecule has 1 N–H and O–H groups in total. The Kier molecular flexibility index (Phi) is 2.74. The van der Waals surface area contributed by atoms with Crippen LogP contribution in [-0.2, 0) is 19.5 Å². The minimum absolute atomic E-state index is 0.545. The van der Waals surface area contributed by atoms with Gasteiger partial charge in [-0.3, -0.25) is 4.90 Å². The molecule has 2 atom stereocenters. The molecule has 4 nitrogen and oxygen atoms in total. The summed E-state index contributed by atoms with van der Waals surface area (Å²) in [5, 5.41) is 9.11. The van der Waals surface area contributed by atoms with Crippen molar-refractivity contribution in [2.75, 3.05) is 19.6 Å². The summed E-state index contributed by atoms with van der Waals surface area (Å²) in [6.45, 7) is 4.74. The van der Waals surface area contributed by atoms with E-state index in [1.165, 1.54) is 41.1 Å². The molecule has 0 aromatic heterocycles. The van der Waals surface area contributed by atoms with Crippen LogP contribution in [0, 0.1) is 11.8 Å². The lowest BCUT2D eigenvalue weighted by molar-refractivity contribution is 0.139. The number of nitrogens with zero attached hydrogens (tertiary/aromatic N) is 2. The normalized spacial score (nSPS) is 28.1. The van der Waals surface area contributed by atoms with Crippen LogP contribution in [0.4, 0.5) is 4.79 Å². The first-order chi connectivity index (χ1) is 9.70. The van der Waals surface area contributed by atoms with Crippen molar-refractivity contribution in [3.8, 4) is 0 Å². The second-order valence-electron chi connectivity index (χ2n) is 6.46. The number of fused-ring (bicyclic) bond motifs is 2. The highest BCUT2D eigenvalue weighted by Crippen LogP contribution is 2.45. The van der Waals surface area contributed by atoms with Gasteiger partial charge in [0, 0.05) is 32.7 Å². The average Bonchev–Trinajstić information content (AvgIpc) is 3.06. The van der Waals surface area contributed by atoms with Gasteiger partial charge in [-0.15, -0.1) is 0 Å². The Labute approximate surface area is 119 Å². The molecule has 4 rings (SSSR count). The monoisotopic (exact) mass is 272 g/mol. The molecule has 20 heavy (non-hydrogen) atoms. The van der Waals surface area contributed by atoms with Crippen molar-refractivity contribution < 1.29 is 9.90 Å². The predicted octanol–water partition coefficient (Wildman–Crippen LogP) is 2.17. The molecule has 2 aliphatic heterocycles. The van der Waals surface area contributed by atoms with Crippen LogP contribution in [0.15, 0.2) is 18.2 Å². The molecular weight excluding hydrogens is 252 g/mol. The summed E-state index contributed by atoms with van der Waals surface area (Å²) in [4.78, 5) is 15.2. The number of likely N-dealkylation sites (tertiary alicyclic amines) is 1. The van der Waals surface area contributed by atoms with Gasteiger partial charge in [-0.25, -0.2) is 4.79 Å². The summed E-state index contributed by atoms with van der Waals surface area (Å²) in [5.41, 5.74) is 4.00. The van der Waals surface area contributed by atoms with Crippen molar-refractivity contribution >= 4 is 6.09 Å². The second kappa shape index (κ2) is 4.48. The third kappa shape index (κ3) is 2.08. The number of benzene rings is 1. The maximum Gasteiger partial charge on any atom is 0.407 e. The van der Waals surface area contributed by atoms with Crippen molar-refractivity contribution in [2.45, 2.75) is 25.9 Å². The Bertz CT molecular complexity index is 547. The van der Waals surface area contributed by atoms with Gasteiger partial charge in [-0.05, 0) is 41.4 Å². The van der Waals surface area contributed by atoms with E-state index < -0.39 is 6.09 Å². The zero-order valence-corrected chi connectivity index (χ0v) is 11.6. The van der Waals surface area contributed by atoms with E-state index >= 15 is 0 Å². The zero-order chi connectivity index (χ0) is 13.7. The summed E-state index contributed by atoms with van der Waals surface area (Å²) in [5.74, 6) is 1.94. The molecule has 0 bridgehead atoms. The lowest BCUT2D eigenvalue weighted by Gasteiger charge is -2.29. The van der Waals surface area contributed by atoms with Crippen molar-refractivity contribution in [1.29, 1.82) is 0 Å². The van der Waals surface area contributed by atoms with E-state index in [0.717, 1.165) is 24.8 Å². The third-order valence-corrected chi connectivity index (χ3v) is 5.08. The number of hydrogen-bond acceptors (Lipinski definition) is 2. The lowest BCUT2D eigenvalue weighted by atomic mass is 9.94. The first-order valence-corrected chi connectivity index (χ1v) is 7.50. The minimum atomic E-state index is -0.805. The SMILES string of the molecule is O=C(O)N1CCc2c(CN3CC4CC4C3)cccc2C1. The molecule has 2 heterocycles. The maximum atomic E-state index is 11.1. The van der Waals surface area contributed by atoms with E-state index in [9.17, 15) is 4.79 Å². The van der Waals surface area contributed by atoms with Crippen LogP contribution in [-0.4, -0.2) is 40.6 Å². The molecule has 1 aromatic carbocycles. The standard InChI is InChI=1S/C16H20N2O2/c19-16(20)18-5-4-15-11(2-1-3-12(15)10-18)7-17-8-13-6-14(13)9-17/h1-3,13-14H,4-10H2,(H,19,20). The van der Waals surface area contributed by atoms with Crippen LogP contribution in [0.1, 0.15) is 23.1 Å². The molecule has 1 amide bonds. The van der Waals surface area contributed by atoms with Gasteiger partial charge >= 0.3 is 6.09 Å². The number of piperidine rings is 1. The average molecular weight is 272 g/mol. The van der Waals surface area contributed by atoms with Crippen molar-refractivity contribution in [1.82, 2.24) is 9.80 Å². The molecule has 2 unspecified atom stereocenters. The lowest BCUT2D eigenvalue weighted by Crippen LogP contribution is -2.35. The summed E-state index contributed by atoms with van der Waals surface area (Å²) < 4.78 is 0. The smallest absolute Gasteiger partial charge is 0.407 e. The van der Waals surface area contributed by atoms with Crippen molar-refractivity contribution in [2.24, 2.45) is 11.8 Å². The van der Waals surface area contributed by atoms with Gasteiger partial charge in [0.15, 0.2) is 0 Å². The Balaban J connectivity index is 1.53. The first kappa shape index (κ1) is 12.2. The Morgan fingerprint density at radius 3 is 2.85 bits per heavy atom. The van der Waals surface area contributed by atoms with Gasteiger partial charge in [0.05, 0.1) is 0 Å². The molecule has 4 heteroatoms. The fraction of sp³-hybridized carbons (Fsp3) is 0.562. The summed E-state index contributed by atoms with van der Waals surface area (Å²) >= 11 is 0. The highest BCUT2D eigenvalue weighted by Gasteiger charge is 2.44. The van der Waals surface area contributed by atoms with Gasteiger partial charge in [0.1, 0.15) is 0 Å². The van der Waals surface area contributed by atoms with Gasteiger partial charge < -0.3 is 10.0 Å². The molecule has 1 aliphatic carbocycles. The molecular formula is C16H20N2O2. The molecule has 106 valence electrons. The van der Waals surface area contributed by atoms with Crippen LogP contribution in [0.25, 0.3) is 0 Å². The summed E-state index contributed by atoms with van der Waals surface area (Å²) in [7, 11) is 0. The Morgan fingerprint density at radius 1 is 1.30 bits per heavy atom. The van der Waals surface area contributed by atoms with Crippen LogP contribution < -0.4 is 0 Å². The van der Waals surface area contributed by atoms with Gasteiger partial charge in [-0.1, -0.05) is 18.2 Å². The number of amides is 1. The molecule has 1 saturated carbocycles. The minimum Gasteiger partial charge on any atom is -0.465 e. The van der Waals surface area contributed by atoms with Crippen LogP contribution in [0.5, 0.6) is 0 Å². The Morgan fingerprint density at radius 2 is 2.10 bits per heavy atom. The molecule has 2 fully saturated rings. The van der Waals surface area contributed by atoms with Gasteiger partial charge in [0.2, 0.25) is 0 Å². The van der Waals surface area contributed by atoms with E-state index in [1.54, 1.807) is 0 Å². The van der Waals surface area contributed by atoms with E-state index in [4.69, 9.17) is 5.11 Å². The topological polar surface area (TPSA) is 43.8 Å². The quantitative estimate of drug-likeness (QED) is 0.897. The number of carbonyl (C=O) groups is 1. The van der Waals surface area contributed by atoms with Crippen LogP contribution in [0.2, 0.25) is 0 Å². The highest BCUT2D eigenvalue weighted by atomic mass is 16.4. The summed E-state index contributed by atoms with van der Waals surface area (Å²) in [6, 6.07) is 6.38. The van der Waals surface area contributed by atoms with Crippen molar-refractivity contribution in [3.05, 3.63) is 34.9 Å². The fourth-order valence-corrected chi connectivity index (χ4v) is 3.87. The highest BCUT2D eigenvalue weighted by molar-refractivity contribution is 5.65. The fourth-order valence-electron chi connectivity index (χ4n) is 3.87. The van der Waals surface area contributed by atoms with E-state index in [1.807, 2.05) is 0 Å². The Hall–Kier alpha value is -1.55. The van der Waals surface area contributed by atoms with Crippen LogP contribution in [0.3, 0.4) is 0 Å². The molecule has 1 saturated heterocycles. The molecule has 0 spiro atoms. The second-order valence-corrected chi connectivity index (χ2v) is 6.46. The number of hydrogen-bond donors (Lipinski definition) is 1. The zero-order valence-electron chi connectivity index (χ0n) is 11.6. The maximum absolute atomic E-state index is 11.1. The first-order valence-electron chi connectivity index (χ1n) is 7.50. The molecule has 0 radical (unpaired) electrons. The summed E-state index contributed by atoms with van der Waals surface area (Å²) in [6.07, 6.45) is 1.50. The predicted molar refractivity (Wildman–Crippen MR) is 75.5 cm³/mol.